The standard InChI is InChI=1S/C40H40N14O8/c1-3-62-39(55)34-35(27-11-9-25(2)10-12-27)49-40(44-20-19-42-31-16-13-28(24-45-31)52(56)57)50-38(34)51(22-21-43-32-17-14-29(53(58)59)36(41)47-32)33-18-15-30(54(60)61)37(48-33)46-23-26-7-5-4-6-8-26/h4-18,24H,3,19-23H2,1-2H3,(H,42,45)(H,46,48)(H3,41,43,47)(H,44,49,50). The first kappa shape index (κ1) is 43.0. The monoisotopic (exact) mass is 844 g/mol. The minimum Gasteiger partial charge on any atom is -0.462 e. The molecule has 0 radical (unpaired) electrons. The molecule has 4 heterocycles. The van der Waals surface area contributed by atoms with Gasteiger partial charge >= 0.3 is 17.3 Å². The number of aromatic nitrogens is 5. The zero-order chi connectivity index (χ0) is 44.2. The van der Waals surface area contributed by atoms with E-state index in [1.54, 1.807) is 24.0 Å². The molecule has 6 aromatic rings. The molecule has 22 nitrogen and oxygen atoms in total. The van der Waals surface area contributed by atoms with Crippen molar-refractivity contribution in [2.75, 3.05) is 64.7 Å². The van der Waals surface area contributed by atoms with Crippen LogP contribution in [-0.4, -0.2) is 78.4 Å². The van der Waals surface area contributed by atoms with E-state index in [2.05, 4.69) is 31.2 Å². The van der Waals surface area contributed by atoms with E-state index >= 15 is 0 Å². The molecule has 6 rings (SSSR count). The van der Waals surface area contributed by atoms with Gasteiger partial charge in [0.2, 0.25) is 17.6 Å². The van der Waals surface area contributed by atoms with Gasteiger partial charge in [-0.3, -0.25) is 30.3 Å². The molecule has 0 aliphatic carbocycles. The van der Waals surface area contributed by atoms with Crippen LogP contribution in [0.25, 0.3) is 11.3 Å². The van der Waals surface area contributed by atoms with Gasteiger partial charge in [0.15, 0.2) is 5.82 Å². The first-order valence-corrected chi connectivity index (χ1v) is 19.0. The van der Waals surface area contributed by atoms with Gasteiger partial charge in [0.05, 0.1) is 27.1 Å². The van der Waals surface area contributed by atoms with Crippen molar-refractivity contribution in [2.24, 2.45) is 0 Å². The third-order valence-corrected chi connectivity index (χ3v) is 9.00. The molecule has 318 valence electrons. The van der Waals surface area contributed by atoms with Gasteiger partial charge in [0.25, 0.3) is 5.69 Å². The molecule has 2 aromatic carbocycles. The molecule has 0 aliphatic rings. The third-order valence-electron chi connectivity index (χ3n) is 9.00. The minimum absolute atomic E-state index is 0.00604. The second kappa shape index (κ2) is 19.9. The molecule has 0 bridgehead atoms. The Balaban J connectivity index is 1.45. The zero-order valence-corrected chi connectivity index (χ0v) is 33.3. The summed E-state index contributed by atoms with van der Waals surface area (Å²) in [6.07, 6.45) is 1.14. The molecule has 4 aromatic heterocycles. The number of benzene rings is 2. The first-order valence-electron chi connectivity index (χ1n) is 19.0. The van der Waals surface area contributed by atoms with Gasteiger partial charge in [-0.25, -0.2) is 24.7 Å². The summed E-state index contributed by atoms with van der Waals surface area (Å²) in [5, 5.41) is 47.1. The number of carbonyl (C=O) groups is 1. The Bertz CT molecular complexity index is 2560. The number of esters is 1. The molecule has 0 amide bonds. The summed E-state index contributed by atoms with van der Waals surface area (Å²) in [5.74, 6) is -0.289. The number of carbonyl (C=O) groups excluding carboxylic acids is 1. The number of anilines is 7. The SMILES string of the molecule is CCOC(=O)c1c(-c2ccc(C)cc2)nc(NCCNc2ccc([N+](=O)[O-])cn2)nc1N(CCNc1ccc([N+](=O)[O-])c(N)n1)c1ccc([N+](=O)[O-])c(NCc2ccccc2)n1. The van der Waals surface area contributed by atoms with Crippen molar-refractivity contribution >= 4 is 63.9 Å². The predicted molar refractivity (Wildman–Crippen MR) is 231 cm³/mol. The van der Waals surface area contributed by atoms with Crippen LogP contribution in [0.3, 0.4) is 0 Å². The van der Waals surface area contributed by atoms with Gasteiger partial charge in [-0.05, 0) is 37.6 Å². The average molecular weight is 845 g/mol. The fourth-order valence-corrected chi connectivity index (χ4v) is 5.99. The van der Waals surface area contributed by atoms with E-state index in [0.717, 1.165) is 17.3 Å². The van der Waals surface area contributed by atoms with Crippen molar-refractivity contribution in [3.63, 3.8) is 0 Å². The summed E-state index contributed by atoms with van der Waals surface area (Å²) in [6, 6.07) is 24.6. The summed E-state index contributed by atoms with van der Waals surface area (Å²) in [4.78, 5) is 71.2. The number of aryl methyl sites for hydroxylation is 1. The zero-order valence-electron chi connectivity index (χ0n) is 33.3. The normalized spacial score (nSPS) is 10.7. The van der Waals surface area contributed by atoms with E-state index in [4.69, 9.17) is 25.4 Å². The molecule has 0 spiro atoms. The second-order valence-corrected chi connectivity index (χ2v) is 13.3. The quantitative estimate of drug-likeness (QED) is 0.0237. The van der Waals surface area contributed by atoms with E-state index < -0.39 is 20.7 Å². The van der Waals surface area contributed by atoms with Crippen LogP contribution >= 0.6 is 0 Å². The lowest BCUT2D eigenvalue weighted by Gasteiger charge is -2.27. The molecule has 0 aliphatic heterocycles. The average Bonchev–Trinajstić information content (AvgIpc) is 3.26. The van der Waals surface area contributed by atoms with Gasteiger partial charge in [0, 0.05) is 56.5 Å². The van der Waals surface area contributed by atoms with Crippen LogP contribution in [-0.2, 0) is 11.3 Å². The Morgan fingerprint density at radius 2 is 1.44 bits per heavy atom. The smallest absolute Gasteiger partial charge is 0.344 e. The molecular formula is C40H40N14O8. The maximum atomic E-state index is 14.1. The van der Waals surface area contributed by atoms with Crippen molar-refractivity contribution in [2.45, 2.75) is 20.4 Å². The highest BCUT2D eigenvalue weighted by Crippen LogP contribution is 2.36. The Morgan fingerprint density at radius 3 is 2.10 bits per heavy atom. The number of nitro groups is 3. The number of nitrogens with zero attached hydrogens (tertiary/aromatic N) is 9. The number of hydrogen-bond acceptors (Lipinski definition) is 19. The van der Waals surface area contributed by atoms with Gasteiger partial charge in [-0.1, -0.05) is 60.2 Å². The lowest BCUT2D eigenvalue weighted by Crippen LogP contribution is -2.30. The summed E-state index contributed by atoms with van der Waals surface area (Å²) < 4.78 is 5.59. The van der Waals surface area contributed by atoms with Crippen LogP contribution in [0.2, 0.25) is 0 Å². The molecule has 0 saturated carbocycles. The van der Waals surface area contributed by atoms with Crippen LogP contribution in [0, 0.1) is 37.3 Å². The third kappa shape index (κ3) is 10.7. The largest absolute Gasteiger partial charge is 0.462 e. The van der Waals surface area contributed by atoms with Gasteiger partial charge in [-0.2, -0.15) is 4.98 Å². The molecule has 0 fully saturated rings. The number of hydrogen-bond donors (Lipinski definition) is 5. The summed E-state index contributed by atoms with van der Waals surface area (Å²) in [7, 11) is 0. The highest BCUT2D eigenvalue weighted by Gasteiger charge is 2.30. The lowest BCUT2D eigenvalue weighted by atomic mass is 10.0. The predicted octanol–water partition coefficient (Wildman–Crippen LogP) is 6.51. The van der Waals surface area contributed by atoms with Crippen LogP contribution in [0.1, 0.15) is 28.4 Å². The van der Waals surface area contributed by atoms with Crippen molar-refractivity contribution in [3.05, 3.63) is 144 Å². The van der Waals surface area contributed by atoms with Crippen LogP contribution in [0.5, 0.6) is 0 Å². The summed E-state index contributed by atoms with van der Waals surface area (Å²) >= 11 is 0. The number of rotatable bonds is 20. The van der Waals surface area contributed by atoms with E-state index in [1.165, 1.54) is 36.4 Å². The Hall–Kier alpha value is -8.56. The number of ether oxygens (including phenoxy) is 1. The van der Waals surface area contributed by atoms with E-state index in [0.29, 0.717) is 11.4 Å². The van der Waals surface area contributed by atoms with Crippen molar-refractivity contribution in [1.82, 2.24) is 24.9 Å². The number of pyridine rings is 3. The minimum atomic E-state index is -0.761. The van der Waals surface area contributed by atoms with E-state index in [-0.39, 0.29) is 103 Å². The van der Waals surface area contributed by atoms with Crippen LogP contribution in [0.4, 0.5) is 57.9 Å². The van der Waals surface area contributed by atoms with Gasteiger partial charge < -0.3 is 36.6 Å². The van der Waals surface area contributed by atoms with Crippen LogP contribution in [0.15, 0.2) is 97.2 Å². The highest BCUT2D eigenvalue weighted by atomic mass is 16.6. The molecule has 0 atom stereocenters. The number of nitrogens with two attached hydrogens (primary N) is 1. The van der Waals surface area contributed by atoms with Crippen molar-refractivity contribution in [3.8, 4) is 11.3 Å². The van der Waals surface area contributed by atoms with Gasteiger partial charge in [-0.15, -0.1) is 0 Å². The second-order valence-electron chi connectivity index (χ2n) is 13.3. The van der Waals surface area contributed by atoms with Crippen LogP contribution < -0.4 is 31.9 Å². The number of nitrogen functional groups attached to an aromatic ring is 1. The molecule has 0 saturated heterocycles. The van der Waals surface area contributed by atoms with Crippen molar-refractivity contribution in [1.29, 1.82) is 0 Å². The lowest BCUT2D eigenvalue weighted by molar-refractivity contribution is -0.385. The maximum Gasteiger partial charge on any atom is 0.344 e. The summed E-state index contributed by atoms with van der Waals surface area (Å²) in [5.41, 5.74) is 7.52. The Morgan fingerprint density at radius 1 is 0.742 bits per heavy atom. The molecule has 22 heteroatoms. The van der Waals surface area contributed by atoms with Gasteiger partial charge in [0.1, 0.15) is 29.2 Å². The molecule has 6 N–H and O–H groups in total. The molecule has 62 heavy (non-hydrogen) atoms. The first-order chi connectivity index (χ1) is 29.9. The van der Waals surface area contributed by atoms with E-state index in [1.807, 2.05) is 49.4 Å². The molecule has 0 unspecified atom stereocenters. The Kier molecular flexibility index (Phi) is 13.8. The van der Waals surface area contributed by atoms with Crippen molar-refractivity contribution < 1.29 is 24.3 Å². The highest BCUT2D eigenvalue weighted by molar-refractivity contribution is 6.02. The fourth-order valence-electron chi connectivity index (χ4n) is 5.99. The topological polar surface area (TPSA) is 298 Å². The summed E-state index contributed by atoms with van der Waals surface area (Å²) in [6.45, 7) is 4.27. The maximum absolute atomic E-state index is 14.1. The fraction of sp³-hybridized carbons (Fsp3) is 0.200. The van der Waals surface area contributed by atoms with E-state index in [9.17, 15) is 35.1 Å². The number of nitrogens with one attached hydrogen (secondary N) is 4. The Labute approximate surface area is 353 Å². The molecular weight excluding hydrogens is 805 g/mol.